The first-order chi connectivity index (χ1) is 9.25. The van der Waals surface area contributed by atoms with Gasteiger partial charge >= 0.3 is 0 Å². The van der Waals surface area contributed by atoms with Gasteiger partial charge in [-0.1, -0.05) is 0 Å². The van der Waals surface area contributed by atoms with Crippen LogP contribution in [0.4, 0.5) is 0 Å². The van der Waals surface area contributed by atoms with Gasteiger partial charge in [-0.15, -0.1) is 0 Å². The zero-order valence-electron chi connectivity index (χ0n) is 12.7. The second kappa shape index (κ2) is 4.92. The van der Waals surface area contributed by atoms with E-state index in [1.807, 2.05) is 26.8 Å². The molecule has 1 unspecified atom stereocenters. The molecule has 1 N–H and O–H groups in total. The van der Waals surface area contributed by atoms with E-state index in [0.717, 1.165) is 11.4 Å². The van der Waals surface area contributed by atoms with Crippen LogP contribution in [0.2, 0.25) is 0 Å². The summed E-state index contributed by atoms with van der Waals surface area (Å²) in [6.07, 6.45) is 0. The molecule has 1 aromatic heterocycles. The number of nitrogens with zero attached hydrogens (tertiary/aromatic N) is 3. The second-order valence-electron chi connectivity index (χ2n) is 5.85. The first kappa shape index (κ1) is 14.6. The highest BCUT2D eigenvalue weighted by atomic mass is 16.2. The van der Waals surface area contributed by atoms with Crippen LogP contribution in [0.1, 0.15) is 38.2 Å². The van der Waals surface area contributed by atoms with Crippen molar-refractivity contribution in [1.29, 1.82) is 0 Å². The molecule has 1 aliphatic heterocycles. The maximum atomic E-state index is 12.7. The molecule has 6 heteroatoms. The third-order valence-electron chi connectivity index (χ3n) is 3.89. The van der Waals surface area contributed by atoms with E-state index in [9.17, 15) is 9.59 Å². The van der Waals surface area contributed by atoms with Crippen LogP contribution >= 0.6 is 0 Å². The third-order valence-corrected chi connectivity index (χ3v) is 3.89. The number of carbonyl (C=O) groups is 2. The van der Waals surface area contributed by atoms with Gasteiger partial charge in [0.1, 0.15) is 11.6 Å². The average molecular weight is 278 g/mol. The Kier molecular flexibility index (Phi) is 3.58. The van der Waals surface area contributed by atoms with Gasteiger partial charge in [0, 0.05) is 18.8 Å². The quantitative estimate of drug-likeness (QED) is 0.870. The van der Waals surface area contributed by atoms with Crippen LogP contribution in [0, 0.1) is 13.8 Å². The standard InChI is InChI=1S/C14H22N4O2/c1-9-8-10(2)18(16-9)11(3)12(19)17-7-6-15-13(20)14(17,4)5/h8,11H,6-7H2,1-5H3,(H,15,20). The summed E-state index contributed by atoms with van der Waals surface area (Å²) >= 11 is 0. The predicted octanol–water partition coefficient (Wildman–Crippen LogP) is 0.798. The van der Waals surface area contributed by atoms with Crippen LogP contribution in [0.3, 0.4) is 0 Å². The molecule has 0 aliphatic carbocycles. The lowest BCUT2D eigenvalue weighted by Gasteiger charge is -2.42. The monoisotopic (exact) mass is 278 g/mol. The molecule has 0 radical (unpaired) electrons. The van der Waals surface area contributed by atoms with Gasteiger partial charge in [-0.25, -0.2) is 0 Å². The molecule has 20 heavy (non-hydrogen) atoms. The molecule has 0 bridgehead atoms. The van der Waals surface area contributed by atoms with Gasteiger partial charge in [0.15, 0.2) is 0 Å². The number of hydrogen-bond acceptors (Lipinski definition) is 3. The van der Waals surface area contributed by atoms with Gasteiger partial charge in [-0.3, -0.25) is 14.3 Å². The molecule has 2 amide bonds. The van der Waals surface area contributed by atoms with Crippen LogP contribution < -0.4 is 5.32 Å². The van der Waals surface area contributed by atoms with E-state index in [0.29, 0.717) is 13.1 Å². The zero-order valence-corrected chi connectivity index (χ0v) is 12.7. The molecule has 0 spiro atoms. The molecule has 1 saturated heterocycles. The fraction of sp³-hybridized carbons (Fsp3) is 0.643. The number of nitrogens with one attached hydrogen (secondary N) is 1. The number of aryl methyl sites for hydroxylation is 2. The van der Waals surface area contributed by atoms with Crippen molar-refractivity contribution in [3.63, 3.8) is 0 Å². The van der Waals surface area contributed by atoms with Crippen LogP contribution in [-0.2, 0) is 9.59 Å². The normalized spacial score (nSPS) is 19.6. The number of aromatic nitrogens is 2. The van der Waals surface area contributed by atoms with Crippen LogP contribution in [0.5, 0.6) is 0 Å². The Hall–Kier alpha value is -1.85. The number of amides is 2. The Balaban J connectivity index is 2.26. The highest BCUT2D eigenvalue weighted by Crippen LogP contribution is 2.22. The molecule has 1 aromatic rings. The number of hydrogen-bond donors (Lipinski definition) is 1. The van der Waals surface area contributed by atoms with Crippen molar-refractivity contribution in [1.82, 2.24) is 20.0 Å². The van der Waals surface area contributed by atoms with E-state index in [1.165, 1.54) is 0 Å². The minimum absolute atomic E-state index is 0.0731. The molecule has 2 rings (SSSR count). The smallest absolute Gasteiger partial charge is 0.248 e. The number of rotatable bonds is 2. The minimum Gasteiger partial charge on any atom is -0.352 e. The van der Waals surface area contributed by atoms with Crippen LogP contribution in [0.25, 0.3) is 0 Å². The van der Waals surface area contributed by atoms with E-state index in [2.05, 4.69) is 10.4 Å². The summed E-state index contributed by atoms with van der Waals surface area (Å²) in [5, 5.41) is 7.16. The molecule has 1 aliphatic rings. The molecule has 110 valence electrons. The summed E-state index contributed by atoms with van der Waals surface area (Å²) in [6.45, 7) is 10.2. The van der Waals surface area contributed by atoms with Crippen molar-refractivity contribution in [2.75, 3.05) is 13.1 Å². The van der Waals surface area contributed by atoms with Crippen LogP contribution in [-0.4, -0.2) is 45.1 Å². The minimum atomic E-state index is -0.820. The number of piperazine rings is 1. The predicted molar refractivity (Wildman–Crippen MR) is 75.2 cm³/mol. The second-order valence-corrected chi connectivity index (χ2v) is 5.85. The zero-order chi connectivity index (χ0) is 15.1. The fourth-order valence-corrected chi connectivity index (χ4v) is 2.65. The van der Waals surface area contributed by atoms with Crippen LogP contribution in [0.15, 0.2) is 6.07 Å². The summed E-state index contributed by atoms with van der Waals surface area (Å²) in [6, 6.07) is 1.53. The third kappa shape index (κ3) is 2.30. The van der Waals surface area contributed by atoms with Gasteiger partial charge in [-0.2, -0.15) is 5.10 Å². The molecule has 1 fully saturated rings. The van der Waals surface area contributed by atoms with E-state index in [-0.39, 0.29) is 11.8 Å². The van der Waals surface area contributed by atoms with E-state index >= 15 is 0 Å². The molecular weight excluding hydrogens is 256 g/mol. The Labute approximate surface area is 119 Å². The van der Waals surface area contributed by atoms with Crippen molar-refractivity contribution in [2.45, 2.75) is 46.2 Å². The van der Waals surface area contributed by atoms with E-state index in [4.69, 9.17) is 0 Å². The summed E-state index contributed by atoms with van der Waals surface area (Å²) in [7, 11) is 0. The Bertz CT molecular complexity index is 547. The van der Waals surface area contributed by atoms with E-state index < -0.39 is 11.6 Å². The largest absolute Gasteiger partial charge is 0.352 e. The molecule has 1 atom stereocenters. The molecular formula is C14H22N4O2. The highest BCUT2D eigenvalue weighted by molar-refractivity contribution is 5.92. The summed E-state index contributed by atoms with van der Waals surface area (Å²) in [5.74, 6) is -0.186. The van der Waals surface area contributed by atoms with Gasteiger partial charge in [0.2, 0.25) is 11.8 Å². The first-order valence-electron chi connectivity index (χ1n) is 6.87. The summed E-state index contributed by atoms with van der Waals surface area (Å²) in [5.41, 5.74) is 1.01. The van der Waals surface area contributed by atoms with Gasteiger partial charge in [0.25, 0.3) is 0 Å². The average Bonchev–Trinajstić information content (AvgIpc) is 2.70. The molecule has 6 nitrogen and oxygen atoms in total. The van der Waals surface area contributed by atoms with Gasteiger partial charge < -0.3 is 10.2 Å². The van der Waals surface area contributed by atoms with Gasteiger partial charge in [0.05, 0.1) is 5.69 Å². The number of carbonyl (C=O) groups excluding carboxylic acids is 2. The molecule has 0 aromatic carbocycles. The van der Waals surface area contributed by atoms with Crippen molar-refractivity contribution in [2.24, 2.45) is 0 Å². The fourth-order valence-electron chi connectivity index (χ4n) is 2.65. The summed E-state index contributed by atoms with van der Waals surface area (Å²) in [4.78, 5) is 26.3. The SMILES string of the molecule is Cc1cc(C)n(C(C)C(=O)N2CCNC(=O)C2(C)C)n1. The maximum absolute atomic E-state index is 12.7. The lowest BCUT2D eigenvalue weighted by Crippen LogP contribution is -2.64. The van der Waals surface area contributed by atoms with Gasteiger partial charge in [-0.05, 0) is 40.7 Å². The van der Waals surface area contributed by atoms with Crippen molar-refractivity contribution < 1.29 is 9.59 Å². The Morgan fingerprint density at radius 3 is 2.65 bits per heavy atom. The highest BCUT2D eigenvalue weighted by Gasteiger charge is 2.42. The van der Waals surface area contributed by atoms with Crippen molar-refractivity contribution in [3.8, 4) is 0 Å². The maximum Gasteiger partial charge on any atom is 0.248 e. The summed E-state index contributed by atoms with van der Waals surface area (Å²) < 4.78 is 1.72. The molecule has 2 heterocycles. The lowest BCUT2D eigenvalue weighted by molar-refractivity contribution is -0.151. The topological polar surface area (TPSA) is 67.2 Å². The Morgan fingerprint density at radius 1 is 1.45 bits per heavy atom. The Morgan fingerprint density at radius 2 is 2.10 bits per heavy atom. The first-order valence-corrected chi connectivity index (χ1v) is 6.87. The molecule has 0 saturated carbocycles. The van der Waals surface area contributed by atoms with Crippen molar-refractivity contribution >= 4 is 11.8 Å². The van der Waals surface area contributed by atoms with Crippen molar-refractivity contribution in [3.05, 3.63) is 17.5 Å². The lowest BCUT2D eigenvalue weighted by atomic mass is 9.98. The van der Waals surface area contributed by atoms with E-state index in [1.54, 1.807) is 23.4 Å².